The smallest absolute Gasteiger partial charge is 0.327 e. The molecule has 8 heteroatoms. The number of aromatic nitrogens is 1. The summed E-state index contributed by atoms with van der Waals surface area (Å²) in [5.41, 5.74) is 1.00. The van der Waals surface area contributed by atoms with Gasteiger partial charge in [0, 0.05) is 11.5 Å². The molecule has 2 aromatic rings. The summed E-state index contributed by atoms with van der Waals surface area (Å²) in [4.78, 5) is 24.1. The fourth-order valence-electron chi connectivity index (χ4n) is 2.22. The largest absolute Gasteiger partial charge is 0.508 e. The summed E-state index contributed by atoms with van der Waals surface area (Å²) in [6.07, 6.45) is 0. The van der Waals surface area contributed by atoms with Gasteiger partial charge in [-0.05, 0) is 17.7 Å². The number of esters is 1. The van der Waals surface area contributed by atoms with E-state index >= 15 is 0 Å². The molecule has 8 nitrogen and oxygen atoms in total. The van der Waals surface area contributed by atoms with E-state index in [1.54, 1.807) is 18.2 Å². The third-order valence-corrected chi connectivity index (χ3v) is 3.65. The summed E-state index contributed by atoms with van der Waals surface area (Å²) < 4.78 is 9.86. The maximum Gasteiger partial charge on any atom is 0.327 e. The van der Waals surface area contributed by atoms with E-state index in [0.29, 0.717) is 11.3 Å². The van der Waals surface area contributed by atoms with E-state index in [9.17, 15) is 14.7 Å². The van der Waals surface area contributed by atoms with E-state index in [1.165, 1.54) is 19.2 Å². The van der Waals surface area contributed by atoms with E-state index < -0.39 is 17.9 Å². The summed E-state index contributed by atoms with van der Waals surface area (Å²) in [5.74, 6) is -0.735. The monoisotopic (exact) mass is 361 g/mol. The minimum absolute atomic E-state index is 0.0130. The Morgan fingerprint density at radius 3 is 2.62 bits per heavy atom. The van der Waals surface area contributed by atoms with E-state index in [2.05, 4.69) is 15.8 Å². The van der Waals surface area contributed by atoms with Gasteiger partial charge in [-0.25, -0.2) is 4.79 Å². The molecule has 1 heterocycles. The van der Waals surface area contributed by atoms with Gasteiger partial charge in [0.2, 0.25) is 11.8 Å². The lowest BCUT2D eigenvalue weighted by molar-refractivity contribution is -0.143. The molecule has 0 aliphatic heterocycles. The zero-order chi connectivity index (χ0) is 19.3. The van der Waals surface area contributed by atoms with Gasteiger partial charge in [-0.1, -0.05) is 38.1 Å². The quantitative estimate of drug-likeness (QED) is 0.675. The van der Waals surface area contributed by atoms with Crippen molar-refractivity contribution in [3.05, 3.63) is 41.6 Å². The number of benzene rings is 1. The first-order chi connectivity index (χ1) is 12.2. The van der Waals surface area contributed by atoms with Crippen molar-refractivity contribution in [2.45, 2.75) is 32.2 Å². The van der Waals surface area contributed by atoms with Gasteiger partial charge in [0.25, 0.3) is 0 Å². The molecule has 1 aromatic heterocycles. The molecule has 140 valence electrons. The molecule has 0 spiro atoms. The summed E-state index contributed by atoms with van der Waals surface area (Å²) in [6, 6.07) is 6.94. The first-order valence-corrected chi connectivity index (χ1v) is 8.08. The number of phenols is 1. The molecule has 0 unspecified atom stereocenters. The predicted octanol–water partition coefficient (Wildman–Crippen LogP) is 2.12. The van der Waals surface area contributed by atoms with Gasteiger partial charge in [-0.2, -0.15) is 0 Å². The number of nitrogens with zero attached hydrogens (tertiary/aromatic N) is 1. The molecular weight excluding hydrogens is 338 g/mol. The highest BCUT2D eigenvalue weighted by Crippen LogP contribution is 2.23. The minimum atomic E-state index is -0.891. The lowest BCUT2D eigenvalue weighted by atomic mass is 9.92. The van der Waals surface area contributed by atoms with Crippen LogP contribution in [0.5, 0.6) is 5.75 Å². The molecule has 0 saturated heterocycles. The van der Waals surface area contributed by atoms with Crippen LogP contribution in [0.2, 0.25) is 0 Å². The zero-order valence-corrected chi connectivity index (χ0v) is 15.2. The van der Waals surface area contributed by atoms with Crippen LogP contribution in [0.15, 0.2) is 34.9 Å². The molecule has 1 amide bonds. The van der Waals surface area contributed by atoms with E-state index in [-0.39, 0.29) is 23.6 Å². The predicted molar refractivity (Wildman–Crippen MR) is 94.7 cm³/mol. The standard InChI is InChI=1S/C18H23N3O5/c1-18(2,3)13-9-15(26-21-13)20-14(23)10-19-16(17(24)25-4)11-6-5-7-12(22)8-11/h5-9,16,19,22H,10H2,1-4H3,(H,20,23)/t16-/m1/s1. The third-order valence-electron chi connectivity index (χ3n) is 3.65. The first-order valence-electron chi connectivity index (χ1n) is 8.08. The molecule has 0 fully saturated rings. The Bertz CT molecular complexity index is 779. The Balaban J connectivity index is 2.01. The second kappa shape index (κ2) is 8.01. The summed E-state index contributed by atoms with van der Waals surface area (Å²) in [6.45, 7) is 5.78. The Hall–Kier alpha value is -2.87. The van der Waals surface area contributed by atoms with Gasteiger partial charge >= 0.3 is 5.97 Å². The number of aromatic hydroxyl groups is 1. The van der Waals surface area contributed by atoms with Crippen LogP contribution in [0.1, 0.15) is 38.1 Å². The normalized spacial score (nSPS) is 12.5. The van der Waals surface area contributed by atoms with Gasteiger partial charge in [0.05, 0.1) is 19.3 Å². The Kier molecular flexibility index (Phi) is 5.99. The number of phenolic OH excluding ortho intramolecular Hbond substituents is 1. The Morgan fingerprint density at radius 2 is 2.04 bits per heavy atom. The molecule has 0 aliphatic carbocycles. The van der Waals surface area contributed by atoms with Crippen molar-refractivity contribution in [3.8, 4) is 5.75 Å². The molecular formula is C18H23N3O5. The van der Waals surface area contributed by atoms with Gasteiger partial charge < -0.3 is 14.4 Å². The van der Waals surface area contributed by atoms with Crippen LogP contribution in [-0.4, -0.2) is 35.8 Å². The fourth-order valence-corrected chi connectivity index (χ4v) is 2.22. The van der Waals surface area contributed by atoms with Crippen molar-refractivity contribution in [2.75, 3.05) is 19.0 Å². The van der Waals surface area contributed by atoms with Crippen molar-refractivity contribution < 1.29 is 24.0 Å². The molecule has 1 atom stereocenters. The van der Waals surface area contributed by atoms with Gasteiger partial charge in [0.1, 0.15) is 11.8 Å². The molecule has 0 bridgehead atoms. The highest BCUT2D eigenvalue weighted by atomic mass is 16.5. The minimum Gasteiger partial charge on any atom is -0.508 e. The zero-order valence-electron chi connectivity index (χ0n) is 15.2. The number of amides is 1. The molecule has 26 heavy (non-hydrogen) atoms. The van der Waals surface area contributed by atoms with Gasteiger partial charge in [-0.3, -0.25) is 15.4 Å². The SMILES string of the molecule is COC(=O)[C@H](NCC(=O)Nc1cc(C(C)(C)C)no1)c1cccc(O)c1. The number of methoxy groups -OCH3 is 1. The number of rotatable bonds is 6. The van der Waals surface area contributed by atoms with Crippen LogP contribution in [0.4, 0.5) is 5.88 Å². The van der Waals surface area contributed by atoms with E-state index in [4.69, 9.17) is 9.26 Å². The van der Waals surface area contributed by atoms with Gasteiger partial charge in [-0.15, -0.1) is 0 Å². The van der Waals surface area contributed by atoms with Gasteiger partial charge in [0.15, 0.2) is 0 Å². The molecule has 2 rings (SSSR count). The lowest BCUT2D eigenvalue weighted by Gasteiger charge is -2.16. The number of ether oxygens (including phenoxy) is 1. The topological polar surface area (TPSA) is 114 Å². The first kappa shape index (κ1) is 19.5. The van der Waals surface area contributed by atoms with Crippen LogP contribution < -0.4 is 10.6 Å². The number of carbonyl (C=O) groups excluding carboxylic acids is 2. The summed E-state index contributed by atoms with van der Waals surface area (Å²) in [5, 5.41) is 18.9. The van der Waals surface area contributed by atoms with Crippen LogP contribution in [0.25, 0.3) is 0 Å². The summed E-state index contributed by atoms with van der Waals surface area (Å²) in [7, 11) is 1.25. The molecule has 3 N–H and O–H groups in total. The van der Waals surface area contributed by atoms with E-state index in [1.807, 2.05) is 20.8 Å². The van der Waals surface area contributed by atoms with Crippen LogP contribution in [0.3, 0.4) is 0 Å². The van der Waals surface area contributed by atoms with Crippen molar-refractivity contribution in [3.63, 3.8) is 0 Å². The number of carbonyl (C=O) groups is 2. The van der Waals surface area contributed by atoms with Crippen molar-refractivity contribution in [1.82, 2.24) is 10.5 Å². The Morgan fingerprint density at radius 1 is 1.31 bits per heavy atom. The third kappa shape index (κ3) is 5.06. The van der Waals surface area contributed by atoms with Crippen molar-refractivity contribution in [2.24, 2.45) is 0 Å². The average Bonchev–Trinajstić information content (AvgIpc) is 3.03. The van der Waals surface area contributed by atoms with E-state index in [0.717, 1.165) is 0 Å². The number of hydrogen-bond donors (Lipinski definition) is 3. The average molecular weight is 361 g/mol. The fraction of sp³-hybridized carbons (Fsp3) is 0.389. The molecule has 0 saturated carbocycles. The second-order valence-electron chi connectivity index (χ2n) is 6.81. The molecule has 1 aromatic carbocycles. The second-order valence-corrected chi connectivity index (χ2v) is 6.81. The maximum absolute atomic E-state index is 12.1. The van der Waals surface area contributed by atoms with Crippen LogP contribution in [-0.2, 0) is 19.7 Å². The molecule has 0 aliphatic rings. The Labute approximate surface area is 151 Å². The highest BCUT2D eigenvalue weighted by molar-refractivity contribution is 5.91. The van der Waals surface area contributed by atoms with Crippen molar-refractivity contribution >= 4 is 17.8 Å². The van der Waals surface area contributed by atoms with Crippen LogP contribution in [0, 0.1) is 0 Å². The van der Waals surface area contributed by atoms with Crippen LogP contribution >= 0.6 is 0 Å². The number of anilines is 1. The maximum atomic E-state index is 12.1. The lowest BCUT2D eigenvalue weighted by Crippen LogP contribution is -2.35. The summed E-state index contributed by atoms with van der Waals surface area (Å²) >= 11 is 0. The van der Waals surface area contributed by atoms with Crippen molar-refractivity contribution in [1.29, 1.82) is 0 Å². The highest BCUT2D eigenvalue weighted by Gasteiger charge is 2.23. The molecule has 0 radical (unpaired) electrons. The number of nitrogens with one attached hydrogen (secondary N) is 2. The number of hydrogen-bond acceptors (Lipinski definition) is 7.